The van der Waals surface area contributed by atoms with E-state index >= 15 is 0 Å². The minimum atomic E-state index is -0.125. The molecule has 0 N–H and O–H groups in total. The first-order valence-electron chi connectivity index (χ1n) is 9.39. The molecule has 2 aromatic heterocycles. The number of pyridine rings is 1. The zero-order valence-electron chi connectivity index (χ0n) is 17.0. The van der Waals surface area contributed by atoms with E-state index in [-0.39, 0.29) is 5.91 Å². The fourth-order valence-corrected chi connectivity index (χ4v) is 4.30. The molecule has 0 saturated carbocycles. The summed E-state index contributed by atoms with van der Waals surface area (Å²) >= 11 is 1.40. The number of amides is 1. The highest BCUT2D eigenvalue weighted by Crippen LogP contribution is 2.40. The van der Waals surface area contributed by atoms with Gasteiger partial charge in [0.25, 0.3) is 5.91 Å². The van der Waals surface area contributed by atoms with Crippen LogP contribution in [0.4, 0.5) is 5.13 Å². The Kier molecular flexibility index (Phi) is 5.63. The van der Waals surface area contributed by atoms with E-state index in [4.69, 9.17) is 14.5 Å². The van der Waals surface area contributed by atoms with E-state index in [1.807, 2.05) is 55.5 Å². The number of carbonyl (C=O) groups is 1. The number of aromatic nitrogens is 2. The minimum absolute atomic E-state index is 0.125. The van der Waals surface area contributed by atoms with Crippen molar-refractivity contribution >= 4 is 32.6 Å². The lowest BCUT2D eigenvalue weighted by atomic mass is 10.1. The van der Waals surface area contributed by atoms with Crippen LogP contribution in [0.2, 0.25) is 0 Å². The summed E-state index contributed by atoms with van der Waals surface area (Å²) in [6.07, 6.45) is 3.47. The number of nitrogens with zero attached hydrogens (tertiary/aromatic N) is 3. The number of anilines is 1. The number of hydrogen-bond donors (Lipinski definition) is 0. The van der Waals surface area contributed by atoms with Crippen molar-refractivity contribution in [2.24, 2.45) is 0 Å². The van der Waals surface area contributed by atoms with Gasteiger partial charge in [0.2, 0.25) is 0 Å². The van der Waals surface area contributed by atoms with E-state index in [9.17, 15) is 4.79 Å². The van der Waals surface area contributed by atoms with Crippen LogP contribution < -0.4 is 14.4 Å². The van der Waals surface area contributed by atoms with Gasteiger partial charge < -0.3 is 9.47 Å². The Bertz CT molecular complexity index is 1150. The smallest absolute Gasteiger partial charge is 0.260 e. The average Bonchev–Trinajstić information content (AvgIpc) is 3.22. The maximum atomic E-state index is 13.5. The van der Waals surface area contributed by atoms with Crippen LogP contribution in [0, 0.1) is 6.92 Å². The van der Waals surface area contributed by atoms with Crippen molar-refractivity contribution in [3.63, 3.8) is 0 Å². The molecule has 6 nitrogen and oxygen atoms in total. The van der Waals surface area contributed by atoms with Crippen molar-refractivity contribution in [2.75, 3.05) is 19.1 Å². The molecular weight excluding hydrogens is 398 g/mol. The summed E-state index contributed by atoms with van der Waals surface area (Å²) in [5, 5.41) is 0.572. The van der Waals surface area contributed by atoms with Crippen LogP contribution in [-0.2, 0) is 6.54 Å². The predicted molar refractivity (Wildman–Crippen MR) is 119 cm³/mol. The monoisotopic (exact) mass is 419 g/mol. The van der Waals surface area contributed by atoms with Crippen LogP contribution in [0.5, 0.6) is 11.5 Å². The molecule has 152 valence electrons. The molecule has 4 aromatic rings. The highest BCUT2D eigenvalue weighted by molar-refractivity contribution is 7.22. The van der Waals surface area contributed by atoms with Gasteiger partial charge in [-0.3, -0.25) is 14.7 Å². The normalized spacial score (nSPS) is 10.8. The Morgan fingerprint density at radius 1 is 1.07 bits per heavy atom. The van der Waals surface area contributed by atoms with Gasteiger partial charge in [0.1, 0.15) is 21.7 Å². The summed E-state index contributed by atoms with van der Waals surface area (Å²) in [4.78, 5) is 24.1. The number of benzene rings is 2. The molecule has 7 heteroatoms. The van der Waals surface area contributed by atoms with Gasteiger partial charge in [0, 0.05) is 18.0 Å². The number of methoxy groups -OCH3 is 2. The number of fused-ring (bicyclic) bond motifs is 1. The molecule has 0 bridgehead atoms. The second-order valence-corrected chi connectivity index (χ2v) is 7.74. The van der Waals surface area contributed by atoms with Crippen molar-refractivity contribution < 1.29 is 14.3 Å². The SMILES string of the molecule is COc1ccc(OC)c2sc(N(Cc3cccnc3)C(=O)c3cccc(C)c3)nc12. The summed E-state index contributed by atoms with van der Waals surface area (Å²) in [7, 11) is 3.22. The van der Waals surface area contributed by atoms with Gasteiger partial charge in [0.15, 0.2) is 5.13 Å². The van der Waals surface area contributed by atoms with Gasteiger partial charge in [0.05, 0.1) is 20.8 Å². The van der Waals surface area contributed by atoms with Crippen LogP contribution in [0.3, 0.4) is 0 Å². The van der Waals surface area contributed by atoms with Gasteiger partial charge in [-0.15, -0.1) is 0 Å². The van der Waals surface area contributed by atoms with Crippen LogP contribution in [0.25, 0.3) is 10.2 Å². The lowest BCUT2D eigenvalue weighted by molar-refractivity contribution is 0.0985. The van der Waals surface area contributed by atoms with E-state index in [0.717, 1.165) is 15.8 Å². The summed E-state index contributed by atoms with van der Waals surface area (Å²) in [5.74, 6) is 1.20. The first kappa shape index (κ1) is 19.8. The van der Waals surface area contributed by atoms with Crippen molar-refractivity contribution in [3.05, 3.63) is 77.6 Å². The van der Waals surface area contributed by atoms with E-state index < -0.39 is 0 Å². The molecule has 0 radical (unpaired) electrons. The number of aryl methyl sites for hydroxylation is 1. The predicted octanol–water partition coefficient (Wildman–Crippen LogP) is 4.86. The van der Waals surface area contributed by atoms with Gasteiger partial charge in [-0.1, -0.05) is 35.1 Å². The third kappa shape index (κ3) is 3.84. The Balaban J connectivity index is 1.84. The van der Waals surface area contributed by atoms with E-state index in [0.29, 0.717) is 34.3 Å². The summed E-state index contributed by atoms with van der Waals surface area (Å²) in [6.45, 7) is 2.32. The fraction of sp³-hybridized carbons (Fsp3) is 0.174. The minimum Gasteiger partial charge on any atom is -0.495 e. The second-order valence-electron chi connectivity index (χ2n) is 6.77. The summed E-state index contributed by atoms with van der Waals surface area (Å²) in [5.41, 5.74) is 3.22. The van der Waals surface area contributed by atoms with Crippen molar-refractivity contribution in [1.82, 2.24) is 9.97 Å². The quantitative estimate of drug-likeness (QED) is 0.446. The molecule has 30 heavy (non-hydrogen) atoms. The number of carbonyl (C=O) groups excluding carboxylic acids is 1. The molecule has 0 saturated heterocycles. The van der Waals surface area contributed by atoms with Gasteiger partial charge in [-0.25, -0.2) is 4.98 Å². The highest BCUT2D eigenvalue weighted by atomic mass is 32.1. The van der Waals surface area contributed by atoms with E-state index in [1.54, 1.807) is 31.5 Å². The largest absolute Gasteiger partial charge is 0.495 e. The number of hydrogen-bond acceptors (Lipinski definition) is 6. The first-order valence-corrected chi connectivity index (χ1v) is 10.2. The second kappa shape index (κ2) is 8.51. The first-order chi connectivity index (χ1) is 14.6. The lowest BCUT2D eigenvalue weighted by Crippen LogP contribution is -2.30. The molecule has 0 aliphatic heterocycles. The lowest BCUT2D eigenvalue weighted by Gasteiger charge is -2.20. The molecule has 2 heterocycles. The average molecular weight is 420 g/mol. The zero-order chi connectivity index (χ0) is 21.1. The van der Waals surface area contributed by atoms with E-state index in [1.165, 1.54) is 11.3 Å². The molecule has 0 aliphatic carbocycles. The topological polar surface area (TPSA) is 64.6 Å². The Morgan fingerprint density at radius 2 is 1.87 bits per heavy atom. The van der Waals surface area contributed by atoms with Crippen LogP contribution in [0.1, 0.15) is 21.5 Å². The number of thiazole rings is 1. The zero-order valence-corrected chi connectivity index (χ0v) is 17.8. The molecule has 4 rings (SSSR count). The van der Waals surface area contributed by atoms with Crippen LogP contribution in [-0.4, -0.2) is 30.1 Å². The highest BCUT2D eigenvalue weighted by Gasteiger charge is 2.24. The van der Waals surface area contributed by atoms with Gasteiger partial charge in [-0.2, -0.15) is 0 Å². The molecule has 0 aliphatic rings. The van der Waals surface area contributed by atoms with Crippen LogP contribution >= 0.6 is 11.3 Å². The summed E-state index contributed by atoms with van der Waals surface area (Å²) in [6, 6.07) is 15.0. The molecule has 0 fully saturated rings. The summed E-state index contributed by atoms with van der Waals surface area (Å²) < 4.78 is 11.8. The molecule has 0 atom stereocenters. The molecule has 1 amide bonds. The maximum Gasteiger partial charge on any atom is 0.260 e. The van der Waals surface area contributed by atoms with Crippen molar-refractivity contribution in [1.29, 1.82) is 0 Å². The standard InChI is InChI=1S/C23H21N3O3S/c1-15-6-4-8-17(12-15)22(27)26(14-16-7-5-11-24-13-16)23-25-20-18(28-2)9-10-19(29-3)21(20)30-23/h4-13H,14H2,1-3H3. The van der Waals surface area contributed by atoms with Gasteiger partial charge in [-0.05, 0) is 42.8 Å². The van der Waals surface area contributed by atoms with Crippen LogP contribution in [0.15, 0.2) is 60.9 Å². The number of rotatable bonds is 6. The van der Waals surface area contributed by atoms with Crippen molar-refractivity contribution in [3.8, 4) is 11.5 Å². The van der Waals surface area contributed by atoms with Gasteiger partial charge >= 0.3 is 0 Å². The molecular formula is C23H21N3O3S. The maximum absolute atomic E-state index is 13.5. The van der Waals surface area contributed by atoms with Crippen molar-refractivity contribution in [2.45, 2.75) is 13.5 Å². The Morgan fingerprint density at radius 3 is 2.57 bits per heavy atom. The Hall–Kier alpha value is -3.45. The third-order valence-corrected chi connectivity index (χ3v) is 5.80. The molecule has 2 aromatic carbocycles. The van der Waals surface area contributed by atoms with E-state index in [2.05, 4.69) is 4.98 Å². The molecule has 0 unspecified atom stereocenters. The third-order valence-electron chi connectivity index (χ3n) is 4.70. The molecule has 0 spiro atoms. The number of ether oxygens (including phenoxy) is 2. The fourth-order valence-electron chi connectivity index (χ4n) is 3.22. The Labute approximate surface area is 178 Å².